The number of anilines is 1. The zero-order valence-corrected chi connectivity index (χ0v) is 16.6. The van der Waals surface area contributed by atoms with Crippen LogP contribution in [0.3, 0.4) is 0 Å². The molecule has 0 aromatic heterocycles. The van der Waals surface area contributed by atoms with E-state index in [1.54, 1.807) is 42.5 Å². The molecule has 0 saturated heterocycles. The Bertz CT molecular complexity index is 1150. The van der Waals surface area contributed by atoms with Crippen LogP contribution in [0.4, 0.5) is 11.4 Å². The second kappa shape index (κ2) is 9.19. The predicted molar refractivity (Wildman–Crippen MR) is 112 cm³/mol. The van der Waals surface area contributed by atoms with Gasteiger partial charge in [0.2, 0.25) is 5.91 Å². The normalized spacial score (nSPS) is 10.9. The van der Waals surface area contributed by atoms with Crippen LogP contribution in [0.5, 0.6) is 0 Å². The van der Waals surface area contributed by atoms with Crippen LogP contribution in [0.1, 0.15) is 11.1 Å². The van der Waals surface area contributed by atoms with E-state index in [1.165, 1.54) is 36.4 Å². The van der Waals surface area contributed by atoms with Gasteiger partial charge in [-0.2, -0.15) is 0 Å². The van der Waals surface area contributed by atoms with Crippen molar-refractivity contribution in [1.82, 2.24) is 5.32 Å². The maximum atomic E-state index is 12.6. The van der Waals surface area contributed by atoms with Gasteiger partial charge in [-0.3, -0.25) is 19.6 Å². The third-order valence-corrected chi connectivity index (χ3v) is 5.68. The Hall–Kier alpha value is -3.72. The summed E-state index contributed by atoms with van der Waals surface area (Å²) in [5.41, 5.74) is 1.57. The molecule has 2 N–H and O–H groups in total. The molecule has 0 saturated carbocycles. The number of nitrogens with one attached hydrogen (secondary N) is 2. The first-order chi connectivity index (χ1) is 14.3. The number of carbonyl (C=O) groups is 1. The number of nitrogens with zero attached hydrogens (tertiary/aromatic N) is 1. The number of sulfonamides is 1. The lowest BCUT2D eigenvalue weighted by atomic mass is 10.1. The summed E-state index contributed by atoms with van der Waals surface area (Å²) in [6.45, 7) is 0.124. The number of carbonyl (C=O) groups excluding carboxylic acids is 1. The van der Waals surface area contributed by atoms with Crippen LogP contribution in [-0.2, 0) is 27.8 Å². The van der Waals surface area contributed by atoms with Crippen molar-refractivity contribution in [3.63, 3.8) is 0 Å². The van der Waals surface area contributed by atoms with E-state index in [0.717, 1.165) is 0 Å². The van der Waals surface area contributed by atoms with E-state index in [0.29, 0.717) is 16.8 Å². The molecule has 3 rings (SSSR count). The molecule has 8 nitrogen and oxygen atoms in total. The SMILES string of the molecule is O=C(Cc1ccc([N+](=O)[O-])cc1)NCc1ccccc1NS(=O)(=O)c1ccccc1. The average Bonchev–Trinajstić information content (AvgIpc) is 2.74. The fourth-order valence-electron chi connectivity index (χ4n) is 2.75. The molecule has 0 spiro atoms. The van der Waals surface area contributed by atoms with Crippen molar-refractivity contribution in [3.05, 3.63) is 100 Å². The van der Waals surface area contributed by atoms with Gasteiger partial charge in [0.15, 0.2) is 0 Å². The number of hydrogen-bond donors (Lipinski definition) is 2. The number of hydrogen-bond acceptors (Lipinski definition) is 5. The summed E-state index contributed by atoms with van der Waals surface area (Å²) in [7, 11) is -3.75. The van der Waals surface area contributed by atoms with Gasteiger partial charge in [-0.05, 0) is 29.3 Å². The van der Waals surface area contributed by atoms with Gasteiger partial charge in [-0.1, -0.05) is 48.5 Å². The number of nitro groups is 1. The van der Waals surface area contributed by atoms with Gasteiger partial charge >= 0.3 is 0 Å². The highest BCUT2D eigenvalue weighted by Crippen LogP contribution is 2.20. The van der Waals surface area contributed by atoms with E-state index in [9.17, 15) is 23.3 Å². The summed E-state index contributed by atoms with van der Waals surface area (Å²) in [5, 5.41) is 13.4. The van der Waals surface area contributed by atoms with Crippen LogP contribution in [0, 0.1) is 10.1 Å². The maximum Gasteiger partial charge on any atom is 0.269 e. The smallest absolute Gasteiger partial charge is 0.269 e. The van der Waals surface area contributed by atoms with Crippen molar-refractivity contribution in [2.75, 3.05) is 4.72 Å². The van der Waals surface area contributed by atoms with E-state index in [2.05, 4.69) is 10.0 Å². The fraction of sp³-hybridized carbons (Fsp3) is 0.0952. The Morgan fingerprint density at radius 2 is 1.53 bits per heavy atom. The molecule has 30 heavy (non-hydrogen) atoms. The minimum Gasteiger partial charge on any atom is -0.352 e. The van der Waals surface area contributed by atoms with Crippen LogP contribution in [0.15, 0.2) is 83.8 Å². The highest BCUT2D eigenvalue weighted by molar-refractivity contribution is 7.92. The Balaban J connectivity index is 1.65. The van der Waals surface area contributed by atoms with Crippen molar-refractivity contribution in [2.24, 2.45) is 0 Å². The molecule has 0 radical (unpaired) electrons. The van der Waals surface area contributed by atoms with E-state index >= 15 is 0 Å². The van der Waals surface area contributed by atoms with E-state index in [-0.39, 0.29) is 29.5 Å². The molecule has 0 fully saturated rings. The number of rotatable bonds is 8. The summed E-state index contributed by atoms with van der Waals surface area (Å²) in [6, 6.07) is 20.5. The molecule has 3 aromatic rings. The number of benzene rings is 3. The van der Waals surface area contributed by atoms with Crippen LogP contribution in [0.25, 0.3) is 0 Å². The zero-order valence-electron chi connectivity index (χ0n) is 15.8. The number of para-hydroxylation sites is 1. The zero-order chi connectivity index (χ0) is 21.6. The Morgan fingerprint density at radius 1 is 0.900 bits per heavy atom. The standard InChI is InChI=1S/C21H19N3O5S/c25-21(14-16-10-12-18(13-11-16)24(26)27)22-15-17-6-4-5-9-20(17)23-30(28,29)19-7-2-1-3-8-19/h1-13,23H,14-15H2,(H,22,25). The van der Waals surface area contributed by atoms with Gasteiger partial charge in [0.05, 0.1) is 21.9 Å². The van der Waals surface area contributed by atoms with Crippen LogP contribution in [0.2, 0.25) is 0 Å². The van der Waals surface area contributed by atoms with Gasteiger partial charge in [0.1, 0.15) is 0 Å². The first-order valence-electron chi connectivity index (χ1n) is 9.01. The second-order valence-electron chi connectivity index (χ2n) is 6.45. The lowest BCUT2D eigenvalue weighted by Crippen LogP contribution is -2.25. The van der Waals surface area contributed by atoms with Crippen molar-refractivity contribution in [3.8, 4) is 0 Å². The molecule has 0 atom stereocenters. The van der Waals surface area contributed by atoms with E-state index < -0.39 is 14.9 Å². The molecular weight excluding hydrogens is 406 g/mol. The molecule has 1 amide bonds. The molecule has 0 bridgehead atoms. The molecular formula is C21H19N3O5S. The minimum atomic E-state index is -3.75. The Labute approximate surface area is 173 Å². The largest absolute Gasteiger partial charge is 0.352 e. The molecule has 0 unspecified atom stereocenters. The maximum absolute atomic E-state index is 12.6. The lowest BCUT2D eigenvalue weighted by molar-refractivity contribution is -0.384. The van der Waals surface area contributed by atoms with Crippen molar-refractivity contribution >= 4 is 27.3 Å². The Morgan fingerprint density at radius 3 is 2.20 bits per heavy atom. The van der Waals surface area contributed by atoms with Crippen LogP contribution >= 0.6 is 0 Å². The van der Waals surface area contributed by atoms with Gasteiger partial charge in [0, 0.05) is 18.7 Å². The predicted octanol–water partition coefficient (Wildman–Crippen LogP) is 3.25. The summed E-state index contributed by atoms with van der Waals surface area (Å²) < 4.78 is 27.7. The van der Waals surface area contributed by atoms with Gasteiger partial charge < -0.3 is 5.32 Å². The highest BCUT2D eigenvalue weighted by Gasteiger charge is 2.15. The summed E-state index contributed by atoms with van der Waals surface area (Å²) in [5.74, 6) is -0.287. The number of amides is 1. The lowest BCUT2D eigenvalue weighted by Gasteiger charge is -2.13. The first kappa shape index (κ1) is 21.0. The van der Waals surface area contributed by atoms with Crippen molar-refractivity contribution in [1.29, 1.82) is 0 Å². The van der Waals surface area contributed by atoms with Crippen LogP contribution < -0.4 is 10.0 Å². The van der Waals surface area contributed by atoms with E-state index in [4.69, 9.17) is 0 Å². The quantitative estimate of drug-likeness (QED) is 0.424. The van der Waals surface area contributed by atoms with E-state index in [1.807, 2.05) is 0 Å². The topological polar surface area (TPSA) is 118 Å². The van der Waals surface area contributed by atoms with Gasteiger partial charge in [0.25, 0.3) is 15.7 Å². The van der Waals surface area contributed by atoms with Crippen LogP contribution in [-0.4, -0.2) is 19.2 Å². The second-order valence-corrected chi connectivity index (χ2v) is 8.14. The third-order valence-electron chi connectivity index (χ3n) is 4.30. The molecule has 0 aliphatic rings. The summed E-state index contributed by atoms with van der Waals surface area (Å²) >= 11 is 0. The molecule has 0 heterocycles. The fourth-order valence-corrected chi connectivity index (χ4v) is 3.88. The molecule has 9 heteroatoms. The molecule has 154 valence electrons. The van der Waals surface area contributed by atoms with Crippen molar-refractivity contribution in [2.45, 2.75) is 17.9 Å². The van der Waals surface area contributed by atoms with Gasteiger partial charge in [-0.15, -0.1) is 0 Å². The molecule has 0 aliphatic heterocycles. The van der Waals surface area contributed by atoms with Crippen molar-refractivity contribution < 1.29 is 18.1 Å². The molecule has 0 aliphatic carbocycles. The number of non-ortho nitro benzene ring substituents is 1. The summed E-state index contributed by atoms with van der Waals surface area (Å²) in [6.07, 6.45) is 0.0515. The Kier molecular flexibility index (Phi) is 6.43. The average molecular weight is 425 g/mol. The highest BCUT2D eigenvalue weighted by atomic mass is 32.2. The summed E-state index contributed by atoms with van der Waals surface area (Å²) in [4.78, 5) is 22.6. The first-order valence-corrected chi connectivity index (χ1v) is 10.5. The third kappa shape index (κ3) is 5.42. The van der Waals surface area contributed by atoms with Gasteiger partial charge in [-0.25, -0.2) is 8.42 Å². The molecule has 3 aromatic carbocycles. The number of nitro benzene ring substituents is 1. The monoisotopic (exact) mass is 425 g/mol. The minimum absolute atomic E-state index is 0.0428.